The topological polar surface area (TPSA) is 53.0 Å². The molecule has 1 aliphatic heterocycles. The molecule has 0 bridgehead atoms. The molecule has 1 aromatic heterocycles. The van der Waals surface area contributed by atoms with Gasteiger partial charge in [0.15, 0.2) is 0 Å². The van der Waals surface area contributed by atoms with Crippen molar-refractivity contribution in [1.82, 2.24) is 9.80 Å². The number of nitrogens with zero attached hydrogens (tertiary/aromatic N) is 2. The van der Waals surface area contributed by atoms with Crippen LogP contribution in [0, 0.1) is 5.92 Å². The number of rotatable bonds is 13. The van der Waals surface area contributed by atoms with E-state index in [1.165, 1.54) is 28.8 Å². The van der Waals surface area contributed by atoms with Gasteiger partial charge in [0.05, 0.1) is 18.7 Å². The smallest absolute Gasteiger partial charge is 0.237 e. The molecule has 1 aromatic carbocycles. The zero-order valence-corrected chi connectivity index (χ0v) is 22.0. The highest BCUT2D eigenvalue weighted by Crippen LogP contribution is 2.35. The third kappa shape index (κ3) is 7.18. The zero-order valence-electron chi connectivity index (χ0n) is 21.2. The molecule has 35 heavy (non-hydrogen) atoms. The van der Waals surface area contributed by atoms with Gasteiger partial charge < -0.3 is 14.7 Å². The van der Waals surface area contributed by atoms with Gasteiger partial charge in [0.2, 0.25) is 5.91 Å². The predicted octanol–water partition coefficient (Wildman–Crippen LogP) is 5.42. The summed E-state index contributed by atoms with van der Waals surface area (Å²) in [5, 5.41) is 12.6. The average molecular weight is 497 g/mol. The molecule has 1 N–H and O–H groups in total. The van der Waals surface area contributed by atoms with Gasteiger partial charge in [-0.15, -0.1) is 17.9 Å². The number of benzene rings is 1. The Kier molecular flexibility index (Phi) is 9.04. The van der Waals surface area contributed by atoms with Crippen molar-refractivity contribution >= 4 is 17.2 Å². The Morgan fingerprint density at radius 3 is 2.74 bits per heavy atom. The van der Waals surface area contributed by atoms with Crippen LogP contribution in [0.3, 0.4) is 0 Å². The van der Waals surface area contributed by atoms with E-state index in [1.807, 2.05) is 23.1 Å². The number of carbonyl (C=O) groups is 1. The van der Waals surface area contributed by atoms with Gasteiger partial charge in [-0.05, 0) is 78.6 Å². The van der Waals surface area contributed by atoms with Gasteiger partial charge in [-0.1, -0.05) is 32.1 Å². The van der Waals surface area contributed by atoms with Gasteiger partial charge in [0, 0.05) is 24.5 Å². The second-order valence-corrected chi connectivity index (χ2v) is 11.3. The Hall–Kier alpha value is -2.15. The van der Waals surface area contributed by atoms with Crippen molar-refractivity contribution in [3.8, 4) is 5.75 Å². The Bertz CT molecular complexity index is 967. The summed E-state index contributed by atoms with van der Waals surface area (Å²) in [7, 11) is 0. The molecule has 6 heteroatoms. The maximum Gasteiger partial charge on any atom is 0.237 e. The molecule has 1 aliphatic carbocycles. The molecular formula is C29H40N2O3S. The van der Waals surface area contributed by atoms with Crippen LogP contribution in [0.4, 0.5) is 0 Å². The van der Waals surface area contributed by atoms with Crippen LogP contribution >= 0.6 is 11.3 Å². The van der Waals surface area contributed by atoms with Crippen molar-refractivity contribution in [2.75, 3.05) is 32.8 Å². The molecule has 0 spiro atoms. The second kappa shape index (κ2) is 12.2. The number of ether oxygens (including phenoxy) is 1. The molecule has 0 radical (unpaired) electrons. The van der Waals surface area contributed by atoms with Crippen LogP contribution < -0.4 is 4.74 Å². The molecule has 2 aliphatic rings. The lowest BCUT2D eigenvalue weighted by Crippen LogP contribution is -2.48. The third-order valence-corrected chi connectivity index (χ3v) is 8.11. The monoisotopic (exact) mass is 496 g/mol. The number of aliphatic hydroxyl groups excluding tert-OH is 1. The van der Waals surface area contributed by atoms with E-state index < -0.39 is 6.10 Å². The summed E-state index contributed by atoms with van der Waals surface area (Å²) < 4.78 is 6.22. The first kappa shape index (κ1) is 25.9. The molecule has 2 heterocycles. The lowest BCUT2D eigenvalue weighted by Gasteiger charge is -2.37. The van der Waals surface area contributed by atoms with Crippen molar-refractivity contribution < 1.29 is 14.6 Å². The summed E-state index contributed by atoms with van der Waals surface area (Å²) in [6.45, 7) is 11.1. The fourth-order valence-electron chi connectivity index (χ4n) is 4.85. The van der Waals surface area contributed by atoms with E-state index in [1.54, 1.807) is 11.3 Å². The molecule has 1 fully saturated rings. The van der Waals surface area contributed by atoms with Crippen LogP contribution in [0.1, 0.15) is 67.5 Å². The minimum absolute atomic E-state index is 0.0873. The highest BCUT2D eigenvalue weighted by molar-refractivity contribution is 7.10. The van der Waals surface area contributed by atoms with Crippen LogP contribution in [-0.4, -0.2) is 59.7 Å². The molecule has 4 rings (SSSR count). The summed E-state index contributed by atoms with van der Waals surface area (Å²) in [6, 6.07) is 10.4. The van der Waals surface area contributed by atoms with E-state index in [0.29, 0.717) is 44.5 Å². The largest absolute Gasteiger partial charge is 0.491 e. The van der Waals surface area contributed by atoms with E-state index in [2.05, 4.69) is 48.9 Å². The van der Waals surface area contributed by atoms with Gasteiger partial charge in [-0.25, -0.2) is 0 Å². The van der Waals surface area contributed by atoms with Crippen LogP contribution in [-0.2, 0) is 11.2 Å². The second-order valence-electron chi connectivity index (χ2n) is 10.3. The molecule has 2 atom stereocenters. The lowest BCUT2D eigenvalue weighted by molar-refractivity contribution is -0.136. The summed E-state index contributed by atoms with van der Waals surface area (Å²) in [5.41, 5.74) is 2.51. The number of carbonyl (C=O) groups excluding carboxylic acids is 1. The quantitative estimate of drug-likeness (QED) is 0.377. The van der Waals surface area contributed by atoms with Crippen LogP contribution in [0.5, 0.6) is 5.75 Å². The van der Waals surface area contributed by atoms with E-state index in [4.69, 9.17) is 4.74 Å². The van der Waals surface area contributed by atoms with Gasteiger partial charge in [0.1, 0.15) is 12.4 Å². The van der Waals surface area contributed by atoms with E-state index in [9.17, 15) is 9.90 Å². The number of allylic oxidation sites excluding steroid dienone is 1. The van der Waals surface area contributed by atoms with Gasteiger partial charge in [-0.3, -0.25) is 9.69 Å². The number of fused-ring (bicyclic) bond motifs is 1. The van der Waals surface area contributed by atoms with Crippen LogP contribution in [0.15, 0.2) is 48.4 Å². The van der Waals surface area contributed by atoms with Crippen LogP contribution in [0.2, 0.25) is 0 Å². The number of hydrogen-bond acceptors (Lipinski definition) is 5. The van der Waals surface area contributed by atoms with E-state index >= 15 is 0 Å². The molecule has 2 unspecified atom stereocenters. The molecule has 190 valence electrons. The first-order valence-electron chi connectivity index (χ1n) is 13.0. The summed E-state index contributed by atoms with van der Waals surface area (Å²) in [4.78, 5) is 19.1. The van der Waals surface area contributed by atoms with E-state index in [-0.39, 0.29) is 11.9 Å². The van der Waals surface area contributed by atoms with Crippen molar-refractivity contribution in [1.29, 1.82) is 0 Å². The van der Waals surface area contributed by atoms with E-state index in [0.717, 1.165) is 25.1 Å². The van der Waals surface area contributed by atoms with Crippen molar-refractivity contribution in [3.63, 3.8) is 0 Å². The van der Waals surface area contributed by atoms with Gasteiger partial charge in [-0.2, -0.15) is 0 Å². The molecule has 0 saturated heterocycles. The summed E-state index contributed by atoms with van der Waals surface area (Å²) in [5.74, 6) is 2.11. The normalized spacial score (nSPS) is 18.5. The minimum Gasteiger partial charge on any atom is -0.491 e. The highest BCUT2D eigenvalue weighted by Gasteiger charge is 2.34. The number of amides is 1. The summed E-state index contributed by atoms with van der Waals surface area (Å²) in [6.07, 6.45) is 6.22. The summed E-state index contributed by atoms with van der Waals surface area (Å²) >= 11 is 1.77. The zero-order chi connectivity index (χ0) is 24.8. The predicted molar refractivity (Wildman–Crippen MR) is 143 cm³/mol. The molecular weight excluding hydrogens is 456 g/mol. The van der Waals surface area contributed by atoms with Gasteiger partial charge >= 0.3 is 0 Å². The fourth-order valence-corrected chi connectivity index (χ4v) is 5.78. The molecule has 5 nitrogen and oxygen atoms in total. The molecule has 1 amide bonds. The standard InChI is InChI=1S/C29H40N2O3S/c1-4-5-6-24(32)18-30(17-22-7-8-22)19-29(33)31-15-13-28-26(14-16-35-28)27(31)20-34-25-11-9-23(10-12-25)21(2)3/h4,9-12,14,16,21-22,24,27,32H,1,5-8,13,15,17-20H2,2-3H3. The SMILES string of the molecule is C=CCCC(O)CN(CC(=O)N1CCc2sccc2C1COc1ccc(C(C)C)cc1)CC1CC1. The average Bonchev–Trinajstić information content (AvgIpc) is 3.53. The maximum atomic E-state index is 13.6. The Morgan fingerprint density at radius 2 is 2.06 bits per heavy atom. The van der Waals surface area contributed by atoms with Crippen molar-refractivity contribution in [3.05, 3.63) is 64.4 Å². The van der Waals surface area contributed by atoms with Crippen molar-refractivity contribution in [2.24, 2.45) is 5.92 Å². The number of aliphatic hydroxyl groups is 1. The lowest BCUT2D eigenvalue weighted by atomic mass is 10.00. The Morgan fingerprint density at radius 1 is 1.29 bits per heavy atom. The molecule has 2 aromatic rings. The third-order valence-electron chi connectivity index (χ3n) is 7.11. The maximum absolute atomic E-state index is 13.6. The fraction of sp³-hybridized carbons (Fsp3) is 0.552. The highest BCUT2D eigenvalue weighted by atomic mass is 32.1. The number of hydrogen-bond donors (Lipinski definition) is 1. The Labute approximate surface area is 214 Å². The van der Waals surface area contributed by atoms with Crippen LogP contribution in [0.25, 0.3) is 0 Å². The Balaban J connectivity index is 1.43. The van der Waals surface area contributed by atoms with Crippen molar-refractivity contribution in [2.45, 2.75) is 64.0 Å². The minimum atomic E-state index is -0.433. The first-order valence-corrected chi connectivity index (χ1v) is 13.9. The first-order chi connectivity index (χ1) is 16.9. The van der Waals surface area contributed by atoms with Gasteiger partial charge in [0.25, 0.3) is 0 Å². The number of thiophene rings is 1. The molecule has 1 saturated carbocycles.